The third-order valence-corrected chi connectivity index (χ3v) is 3.52. The molecule has 0 unspecified atom stereocenters. The van der Waals surface area contributed by atoms with Crippen LogP contribution in [0.25, 0.3) is 11.3 Å². The van der Waals surface area contributed by atoms with Gasteiger partial charge in [0.2, 0.25) is 0 Å². The van der Waals surface area contributed by atoms with E-state index < -0.39 is 0 Å². The molecule has 94 valence electrons. The Kier molecular flexibility index (Phi) is 3.15. The second kappa shape index (κ2) is 4.94. The molecule has 1 aromatic carbocycles. The minimum absolute atomic E-state index is 0.527. The minimum atomic E-state index is 0.527. The minimum Gasteiger partial charge on any atom is -0.441 e. The van der Waals surface area contributed by atoms with E-state index in [9.17, 15) is 0 Å². The van der Waals surface area contributed by atoms with Crippen molar-refractivity contribution in [2.45, 2.75) is 25.7 Å². The Bertz CT molecular complexity index is 513. The molecule has 0 bridgehead atoms. The highest BCUT2D eigenvalue weighted by Gasteiger charge is 2.23. The molecule has 3 nitrogen and oxygen atoms in total. The number of aryl methyl sites for hydroxylation is 1. The summed E-state index contributed by atoms with van der Waals surface area (Å²) in [5.41, 5.74) is 2.27. The summed E-state index contributed by atoms with van der Waals surface area (Å²) in [6.45, 7) is 4.08. The molecule has 1 aliphatic heterocycles. The number of aromatic nitrogens is 1. The van der Waals surface area contributed by atoms with Gasteiger partial charge in [0.05, 0.1) is 5.69 Å². The zero-order chi connectivity index (χ0) is 12.4. The third-order valence-electron chi connectivity index (χ3n) is 3.52. The van der Waals surface area contributed by atoms with Crippen LogP contribution in [0.1, 0.15) is 30.3 Å². The van der Waals surface area contributed by atoms with Crippen molar-refractivity contribution in [1.82, 2.24) is 10.3 Å². The molecule has 3 rings (SSSR count). The second-order valence-electron chi connectivity index (χ2n) is 4.84. The summed E-state index contributed by atoms with van der Waals surface area (Å²) in [6, 6.07) is 10.3. The number of nitrogens with one attached hydrogen (secondary N) is 1. The highest BCUT2D eigenvalue weighted by Crippen LogP contribution is 2.34. The highest BCUT2D eigenvalue weighted by molar-refractivity contribution is 5.60. The van der Waals surface area contributed by atoms with Gasteiger partial charge in [0.1, 0.15) is 0 Å². The molecule has 3 heteroatoms. The fraction of sp³-hybridized carbons (Fsp3) is 0.400. The van der Waals surface area contributed by atoms with Crippen LogP contribution >= 0.6 is 0 Å². The van der Waals surface area contributed by atoms with Crippen LogP contribution in [0.2, 0.25) is 0 Å². The summed E-state index contributed by atoms with van der Waals surface area (Å²) in [5.74, 6) is 2.25. The molecule has 1 aliphatic rings. The van der Waals surface area contributed by atoms with E-state index in [0.717, 1.165) is 48.8 Å². The highest BCUT2D eigenvalue weighted by atomic mass is 16.4. The number of hydrogen-bond acceptors (Lipinski definition) is 3. The van der Waals surface area contributed by atoms with Crippen molar-refractivity contribution in [2.75, 3.05) is 13.1 Å². The van der Waals surface area contributed by atoms with Crippen molar-refractivity contribution in [3.05, 3.63) is 41.9 Å². The van der Waals surface area contributed by atoms with E-state index in [-0.39, 0.29) is 0 Å². The smallest absolute Gasteiger partial charge is 0.192 e. The standard InChI is InChI=1S/C15H18N2O/c1-11-17-14(12-7-9-16-10-8-12)15(18-11)13-5-3-2-4-6-13/h2-6,12,16H,7-10H2,1H3. The number of piperidine rings is 1. The van der Waals surface area contributed by atoms with E-state index in [1.807, 2.05) is 25.1 Å². The Hall–Kier alpha value is -1.61. The Morgan fingerprint density at radius 1 is 1.17 bits per heavy atom. The van der Waals surface area contributed by atoms with Gasteiger partial charge in [0.15, 0.2) is 11.7 Å². The SMILES string of the molecule is Cc1nc(C2CCNCC2)c(-c2ccccc2)o1. The predicted molar refractivity (Wildman–Crippen MR) is 71.5 cm³/mol. The maximum absolute atomic E-state index is 5.82. The average molecular weight is 242 g/mol. The van der Waals surface area contributed by atoms with Crippen molar-refractivity contribution in [3.63, 3.8) is 0 Å². The van der Waals surface area contributed by atoms with Gasteiger partial charge in [-0.05, 0) is 25.9 Å². The van der Waals surface area contributed by atoms with Gasteiger partial charge in [-0.3, -0.25) is 0 Å². The first-order valence-corrected chi connectivity index (χ1v) is 6.58. The summed E-state index contributed by atoms with van der Waals surface area (Å²) in [4.78, 5) is 4.62. The molecule has 0 saturated carbocycles. The fourth-order valence-electron chi connectivity index (χ4n) is 2.61. The summed E-state index contributed by atoms with van der Waals surface area (Å²) in [5, 5.41) is 3.39. The van der Waals surface area contributed by atoms with Crippen LogP contribution in [-0.4, -0.2) is 18.1 Å². The first kappa shape index (κ1) is 11.5. The molecule has 0 spiro atoms. The van der Waals surface area contributed by atoms with Crippen LogP contribution in [0, 0.1) is 6.92 Å². The normalized spacial score (nSPS) is 16.9. The van der Waals surface area contributed by atoms with E-state index in [1.165, 1.54) is 0 Å². The maximum atomic E-state index is 5.82. The second-order valence-corrected chi connectivity index (χ2v) is 4.84. The van der Waals surface area contributed by atoms with Gasteiger partial charge in [0, 0.05) is 18.4 Å². The summed E-state index contributed by atoms with van der Waals surface area (Å²) >= 11 is 0. The lowest BCUT2D eigenvalue weighted by Gasteiger charge is -2.21. The van der Waals surface area contributed by atoms with E-state index in [4.69, 9.17) is 4.42 Å². The number of rotatable bonds is 2. The predicted octanol–water partition coefficient (Wildman–Crippen LogP) is 3.12. The van der Waals surface area contributed by atoms with Crippen LogP contribution in [0.3, 0.4) is 0 Å². The number of oxazole rings is 1. The number of hydrogen-bond donors (Lipinski definition) is 1. The van der Waals surface area contributed by atoms with Crippen LogP contribution in [0.4, 0.5) is 0 Å². The van der Waals surface area contributed by atoms with E-state index in [2.05, 4.69) is 22.4 Å². The van der Waals surface area contributed by atoms with Crippen molar-refractivity contribution < 1.29 is 4.42 Å². The van der Waals surface area contributed by atoms with Gasteiger partial charge >= 0.3 is 0 Å². The van der Waals surface area contributed by atoms with Gasteiger partial charge in [-0.15, -0.1) is 0 Å². The molecule has 1 saturated heterocycles. The van der Waals surface area contributed by atoms with Crippen molar-refractivity contribution in [1.29, 1.82) is 0 Å². The van der Waals surface area contributed by atoms with Gasteiger partial charge in [-0.25, -0.2) is 4.98 Å². The van der Waals surface area contributed by atoms with Crippen LogP contribution < -0.4 is 5.32 Å². The fourth-order valence-corrected chi connectivity index (χ4v) is 2.61. The van der Waals surface area contributed by atoms with Crippen LogP contribution in [-0.2, 0) is 0 Å². The average Bonchev–Trinajstić information content (AvgIpc) is 2.83. The molecule has 0 atom stereocenters. The number of benzene rings is 1. The quantitative estimate of drug-likeness (QED) is 0.879. The molecule has 1 fully saturated rings. The Morgan fingerprint density at radius 3 is 2.61 bits per heavy atom. The molecule has 18 heavy (non-hydrogen) atoms. The third kappa shape index (κ3) is 2.18. The molecular formula is C15H18N2O. The lowest BCUT2D eigenvalue weighted by molar-refractivity contribution is 0.453. The summed E-state index contributed by atoms with van der Waals surface area (Å²) in [6.07, 6.45) is 2.29. The van der Waals surface area contributed by atoms with E-state index in [0.29, 0.717) is 5.92 Å². The molecule has 0 radical (unpaired) electrons. The first-order valence-electron chi connectivity index (χ1n) is 6.58. The van der Waals surface area contributed by atoms with E-state index in [1.54, 1.807) is 0 Å². The zero-order valence-corrected chi connectivity index (χ0v) is 10.6. The molecule has 1 aromatic heterocycles. The largest absolute Gasteiger partial charge is 0.441 e. The van der Waals surface area contributed by atoms with Gasteiger partial charge in [-0.1, -0.05) is 30.3 Å². The molecule has 2 heterocycles. The molecular weight excluding hydrogens is 224 g/mol. The topological polar surface area (TPSA) is 38.1 Å². The monoisotopic (exact) mass is 242 g/mol. The van der Waals surface area contributed by atoms with Crippen molar-refractivity contribution in [2.24, 2.45) is 0 Å². The Labute approximate surface area is 107 Å². The van der Waals surface area contributed by atoms with Gasteiger partial charge in [0.25, 0.3) is 0 Å². The van der Waals surface area contributed by atoms with Crippen LogP contribution in [0.5, 0.6) is 0 Å². The van der Waals surface area contributed by atoms with Gasteiger partial charge < -0.3 is 9.73 Å². The molecule has 2 aromatic rings. The first-order chi connectivity index (χ1) is 8.84. The zero-order valence-electron chi connectivity index (χ0n) is 10.6. The molecule has 0 aliphatic carbocycles. The van der Waals surface area contributed by atoms with E-state index >= 15 is 0 Å². The van der Waals surface area contributed by atoms with Crippen molar-refractivity contribution >= 4 is 0 Å². The summed E-state index contributed by atoms with van der Waals surface area (Å²) in [7, 11) is 0. The lowest BCUT2D eigenvalue weighted by atomic mass is 9.92. The van der Waals surface area contributed by atoms with Crippen LogP contribution in [0.15, 0.2) is 34.7 Å². The molecule has 1 N–H and O–H groups in total. The molecule has 0 amide bonds. The maximum Gasteiger partial charge on any atom is 0.192 e. The Balaban J connectivity index is 1.99. The van der Waals surface area contributed by atoms with Gasteiger partial charge in [-0.2, -0.15) is 0 Å². The lowest BCUT2D eigenvalue weighted by Crippen LogP contribution is -2.27. The summed E-state index contributed by atoms with van der Waals surface area (Å²) < 4.78 is 5.82. The van der Waals surface area contributed by atoms with Crippen molar-refractivity contribution in [3.8, 4) is 11.3 Å². The number of nitrogens with zero attached hydrogens (tertiary/aromatic N) is 1. The Morgan fingerprint density at radius 2 is 1.89 bits per heavy atom.